The molecule has 0 saturated carbocycles. The monoisotopic (exact) mass is 350 g/mol. The minimum Gasteiger partial charge on any atom is -0.486 e. The summed E-state index contributed by atoms with van der Waals surface area (Å²) in [6.45, 7) is 3.07. The zero-order valence-electron chi connectivity index (χ0n) is 14.3. The molecule has 2 N–H and O–H groups in total. The largest absolute Gasteiger partial charge is 0.486 e. The first kappa shape index (κ1) is 16.2. The molecule has 0 fully saturated rings. The molecule has 0 unspecified atom stereocenters. The Morgan fingerprint density at radius 1 is 1.12 bits per heavy atom. The van der Waals surface area contributed by atoms with Crippen LogP contribution in [0, 0.1) is 6.92 Å². The Hall–Kier alpha value is -3.28. The standard InChI is InChI=1S/C20H18N2O4/c1-12-3-2-4-13(7-12)19(23)21-11-15-8-14-9-17-18(26-6-5-25-17)10-16(14)22-20(15)24/h2-4,7-10H,5-6,11H2,1H3,(H,21,23)(H,22,24). The SMILES string of the molecule is Cc1cccc(C(=O)NCc2cc3cc4c(cc3[nH]c2=O)OCCO4)c1. The minimum atomic E-state index is -0.237. The maximum absolute atomic E-state index is 12.3. The lowest BCUT2D eigenvalue weighted by atomic mass is 10.1. The van der Waals surface area contributed by atoms with Crippen molar-refractivity contribution >= 4 is 16.8 Å². The lowest BCUT2D eigenvalue weighted by Gasteiger charge is -2.18. The molecule has 6 heteroatoms. The van der Waals surface area contributed by atoms with Gasteiger partial charge in [0.25, 0.3) is 11.5 Å². The molecule has 1 aliphatic rings. The normalized spacial score (nSPS) is 12.8. The smallest absolute Gasteiger partial charge is 0.253 e. The van der Waals surface area contributed by atoms with Crippen molar-refractivity contribution in [2.75, 3.05) is 13.2 Å². The van der Waals surface area contributed by atoms with Crippen LogP contribution in [0.3, 0.4) is 0 Å². The van der Waals surface area contributed by atoms with E-state index >= 15 is 0 Å². The highest BCUT2D eigenvalue weighted by Crippen LogP contribution is 2.33. The topological polar surface area (TPSA) is 80.4 Å². The summed E-state index contributed by atoms with van der Waals surface area (Å²) in [5, 5.41) is 3.62. The second kappa shape index (κ2) is 6.55. The molecule has 132 valence electrons. The molecule has 0 radical (unpaired) electrons. The fraction of sp³-hybridized carbons (Fsp3) is 0.200. The Kier molecular flexibility index (Phi) is 4.08. The minimum absolute atomic E-state index is 0.145. The van der Waals surface area contributed by atoms with Gasteiger partial charge in [-0.25, -0.2) is 0 Å². The average Bonchev–Trinajstić information content (AvgIpc) is 2.64. The van der Waals surface area contributed by atoms with Crippen molar-refractivity contribution in [3.8, 4) is 11.5 Å². The van der Waals surface area contributed by atoms with E-state index in [-0.39, 0.29) is 18.0 Å². The summed E-state index contributed by atoms with van der Waals surface area (Å²) >= 11 is 0. The zero-order chi connectivity index (χ0) is 18.1. The summed E-state index contributed by atoms with van der Waals surface area (Å²) in [6, 6.07) is 12.7. The number of aromatic amines is 1. The fourth-order valence-electron chi connectivity index (χ4n) is 2.98. The van der Waals surface area contributed by atoms with E-state index < -0.39 is 0 Å². The second-order valence-electron chi connectivity index (χ2n) is 6.26. The lowest BCUT2D eigenvalue weighted by Crippen LogP contribution is -2.26. The third-order valence-corrected chi connectivity index (χ3v) is 4.30. The van der Waals surface area contributed by atoms with Crippen molar-refractivity contribution in [2.45, 2.75) is 13.5 Å². The van der Waals surface area contributed by atoms with Crippen LogP contribution in [0.15, 0.2) is 47.3 Å². The van der Waals surface area contributed by atoms with Gasteiger partial charge >= 0.3 is 0 Å². The van der Waals surface area contributed by atoms with E-state index in [4.69, 9.17) is 9.47 Å². The number of benzene rings is 2. The molecule has 3 aromatic rings. The highest BCUT2D eigenvalue weighted by atomic mass is 16.6. The van der Waals surface area contributed by atoms with Crippen molar-refractivity contribution in [1.29, 1.82) is 0 Å². The van der Waals surface area contributed by atoms with Crippen molar-refractivity contribution < 1.29 is 14.3 Å². The quantitative estimate of drug-likeness (QED) is 0.761. The Bertz CT molecular complexity index is 1060. The van der Waals surface area contributed by atoms with Gasteiger partial charge in [-0.3, -0.25) is 9.59 Å². The number of hydrogen-bond acceptors (Lipinski definition) is 4. The maximum atomic E-state index is 12.3. The molecule has 0 bridgehead atoms. The first-order chi connectivity index (χ1) is 12.6. The number of nitrogens with one attached hydrogen (secondary N) is 2. The number of amides is 1. The van der Waals surface area contributed by atoms with Crippen molar-refractivity contribution in [2.24, 2.45) is 0 Å². The summed E-state index contributed by atoms with van der Waals surface area (Å²) < 4.78 is 11.1. The number of carbonyl (C=O) groups is 1. The van der Waals surface area contributed by atoms with Gasteiger partial charge in [-0.2, -0.15) is 0 Å². The predicted molar refractivity (Wildman–Crippen MR) is 97.9 cm³/mol. The molecule has 1 aromatic heterocycles. The van der Waals surface area contributed by atoms with E-state index in [1.165, 1.54) is 0 Å². The van der Waals surface area contributed by atoms with Gasteiger partial charge in [-0.05, 0) is 31.2 Å². The fourth-order valence-corrected chi connectivity index (χ4v) is 2.98. The molecular formula is C20H18N2O4. The first-order valence-corrected chi connectivity index (χ1v) is 8.40. The number of H-pyrrole nitrogens is 1. The van der Waals surface area contributed by atoms with E-state index in [0.29, 0.717) is 41.4 Å². The first-order valence-electron chi connectivity index (χ1n) is 8.40. The van der Waals surface area contributed by atoms with Crippen LogP contribution in [-0.2, 0) is 6.54 Å². The number of aryl methyl sites for hydroxylation is 1. The molecule has 0 atom stereocenters. The number of aromatic nitrogens is 1. The van der Waals surface area contributed by atoms with Crippen LogP contribution in [0.4, 0.5) is 0 Å². The van der Waals surface area contributed by atoms with E-state index in [0.717, 1.165) is 10.9 Å². The molecular weight excluding hydrogens is 332 g/mol. The van der Waals surface area contributed by atoms with Gasteiger partial charge in [0.05, 0.1) is 5.52 Å². The Morgan fingerprint density at radius 3 is 2.65 bits per heavy atom. The summed E-state index contributed by atoms with van der Waals surface area (Å²) in [6.07, 6.45) is 0. The van der Waals surface area contributed by atoms with Gasteiger partial charge < -0.3 is 19.8 Å². The van der Waals surface area contributed by atoms with Gasteiger partial charge in [0.1, 0.15) is 13.2 Å². The van der Waals surface area contributed by atoms with Crippen molar-refractivity contribution in [1.82, 2.24) is 10.3 Å². The Labute approximate surface area is 149 Å². The van der Waals surface area contributed by atoms with E-state index in [1.54, 1.807) is 18.2 Å². The van der Waals surface area contributed by atoms with Crippen LogP contribution in [0.25, 0.3) is 10.9 Å². The van der Waals surface area contributed by atoms with Crippen LogP contribution in [-0.4, -0.2) is 24.1 Å². The van der Waals surface area contributed by atoms with Gasteiger partial charge in [0.15, 0.2) is 11.5 Å². The van der Waals surface area contributed by atoms with Crippen LogP contribution < -0.4 is 20.3 Å². The lowest BCUT2D eigenvalue weighted by molar-refractivity contribution is 0.0950. The molecule has 26 heavy (non-hydrogen) atoms. The van der Waals surface area contributed by atoms with Crippen LogP contribution in [0.2, 0.25) is 0 Å². The third-order valence-electron chi connectivity index (χ3n) is 4.30. The third kappa shape index (κ3) is 3.13. The summed E-state index contributed by atoms with van der Waals surface area (Å²) in [5.41, 5.74) is 2.50. The highest BCUT2D eigenvalue weighted by molar-refractivity contribution is 5.94. The van der Waals surface area contributed by atoms with E-state index in [1.807, 2.05) is 31.2 Å². The maximum Gasteiger partial charge on any atom is 0.253 e. The summed E-state index contributed by atoms with van der Waals surface area (Å²) in [5.74, 6) is 1.07. The molecule has 1 aliphatic heterocycles. The number of pyridine rings is 1. The van der Waals surface area contributed by atoms with Gasteiger partial charge in [0, 0.05) is 29.1 Å². The van der Waals surface area contributed by atoms with E-state index in [9.17, 15) is 9.59 Å². The van der Waals surface area contributed by atoms with Crippen LogP contribution in [0.1, 0.15) is 21.5 Å². The number of ether oxygens (including phenoxy) is 2. The number of rotatable bonds is 3. The Balaban J connectivity index is 1.59. The zero-order valence-corrected chi connectivity index (χ0v) is 14.3. The van der Waals surface area contributed by atoms with Gasteiger partial charge in [-0.15, -0.1) is 0 Å². The Morgan fingerprint density at radius 2 is 1.88 bits per heavy atom. The molecule has 1 amide bonds. The summed E-state index contributed by atoms with van der Waals surface area (Å²) in [4.78, 5) is 27.4. The molecule has 6 nitrogen and oxygen atoms in total. The number of carbonyl (C=O) groups excluding carboxylic acids is 1. The molecule has 2 aromatic carbocycles. The van der Waals surface area contributed by atoms with Crippen LogP contribution >= 0.6 is 0 Å². The van der Waals surface area contributed by atoms with Gasteiger partial charge in [0.2, 0.25) is 0 Å². The molecule has 0 spiro atoms. The molecule has 0 saturated heterocycles. The van der Waals surface area contributed by atoms with Crippen LogP contribution in [0.5, 0.6) is 11.5 Å². The second-order valence-corrected chi connectivity index (χ2v) is 6.26. The molecule has 2 heterocycles. The predicted octanol–water partition coefficient (Wildman–Crippen LogP) is 2.54. The highest BCUT2D eigenvalue weighted by Gasteiger charge is 2.14. The molecule has 0 aliphatic carbocycles. The average molecular weight is 350 g/mol. The summed E-state index contributed by atoms with van der Waals surface area (Å²) in [7, 11) is 0. The van der Waals surface area contributed by atoms with Crippen molar-refractivity contribution in [3.05, 3.63) is 69.5 Å². The van der Waals surface area contributed by atoms with Crippen molar-refractivity contribution in [3.63, 3.8) is 0 Å². The van der Waals surface area contributed by atoms with E-state index in [2.05, 4.69) is 10.3 Å². The number of fused-ring (bicyclic) bond motifs is 2. The molecule has 4 rings (SSSR count). The van der Waals surface area contributed by atoms with Gasteiger partial charge in [-0.1, -0.05) is 17.7 Å². The number of hydrogen-bond donors (Lipinski definition) is 2.